The summed E-state index contributed by atoms with van der Waals surface area (Å²) in [5, 5.41) is 3.28. The summed E-state index contributed by atoms with van der Waals surface area (Å²) in [6.45, 7) is 10.6. The quantitative estimate of drug-likeness (QED) is 0.769. The van der Waals surface area contributed by atoms with Gasteiger partial charge in [0.2, 0.25) is 0 Å². The second kappa shape index (κ2) is 5.38. The first-order chi connectivity index (χ1) is 6.55. The van der Waals surface area contributed by atoms with Crippen LogP contribution in [0, 0.1) is 5.41 Å². The van der Waals surface area contributed by atoms with Crippen LogP contribution in [0.4, 0.5) is 0 Å². The number of thioether (sulfide) groups is 1. The van der Waals surface area contributed by atoms with Crippen molar-refractivity contribution in [3.63, 3.8) is 0 Å². The molecule has 1 saturated heterocycles. The van der Waals surface area contributed by atoms with Crippen LogP contribution >= 0.6 is 11.8 Å². The highest BCUT2D eigenvalue weighted by molar-refractivity contribution is 7.99. The van der Waals surface area contributed by atoms with Crippen molar-refractivity contribution in [1.29, 1.82) is 0 Å². The molecule has 0 aliphatic carbocycles. The van der Waals surface area contributed by atoms with Crippen LogP contribution in [0.5, 0.6) is 0 Å². The maximum atomic E-state index is 3.28. The van der Waals surface area contributed by atoms with Crippen LogP contribution in [-0.4, -0.2) is 49.1 Å². The fraction of sp³-hybridized carbons (Fsp3) is 1.00. The van der Waals surface area contributed by atoms with Crippen molar-refractivity contribution >= 4 is 11.8 Å². The van der Waals surface area contributed by atoms with Crippen LogP contribution < -0.4 is 5.32 Å². The van der Waals surface area contributed by atoms with Crippen molar-refractivity contribution in [2.45, 2.75) is 26.8 Å². The van der Waals surface area contributed by atoms with E-state index in [2.05, 4.69) is 42.7 Å². The van der Waals surface area contributed by atoms with E-state index >= 15 is 0 Å². The Morgan fingerprint density at radius 1 is 1.50 bits per heavy atom. The van der Waals surface area contributed by atoms with Crippen LogP contribution in [0.2, 0.25) is 0 Å². The minimum atomic E-state index is 0.394. The van der Waals surface area contributed by atoms with Gasteiger partial charge in [0.25, 0.3) is 0 Å². The van der Waals surface area contributed by atoms with E-state index in [1.807, 2.05) is 7.05 Å². The van der Waals surface area contributed by atoms with Crippen molar-refractivity contribution in [2.75, 3.05) is 38.2 Å². The zero-order valence-electron chi connectivity index (χ0n) is 9.97. The molecule has 0 bridgehead atoms. The van der Waals surface area contributed by atoms with Crippen LogP contribution in [0.3, 0.4) is 0 Å². The number of hydrogen-bond donors (Lipinski definition) is 1. The average molecular weight is 216 g/mol. The molecular formula is C11H24N2S. The third kappa shape index (κ3) is 3.79. The lowest BCUT2D eigenvalue weighted by Crippen LogP contribution is -2.47. The molecule has 0 aromatic heterocycles. The molecular weight excluding hydrogens is 192 g/mol. The van der Waals surface area contributed by atoms with E-state index in [1.165, 1.54) is 24.6 Å². The first-order valence-electron chi connectivity index (χ1n) is 5.51. The lowest BCUT2D eigenvalue weighted by molar-refractivity contribution is 0.150. The number of rotatable bonds is 4. The normalized spacial score (nSPS) is 25.3. The smallest absolute Gasteiger partial charge is 0.0158 e. The Morgan fingerprint density at radius 3 is 2.79 bits per heavy atom. The van der Waals surface area contributed by atoms with Crippen molar-refractivity contribution < 1.29 is 0 Å². The summed E-state index contributed by atoms with van der Waals surface area (Å²) in [5.41, 5.74) is 0.394. The zero-order chi connectivity index (χ0) is 10.6. The van der Waals surface area contributed by atoms with E-state index in [0.29, 0.717) is 5.41 Å². The summed E-state index contributed by atoms with van der Waals surface area (Å²) in [7, 11) is 2.04. The molecule has 84 valence electrons. The Morgan fingerprint density at radius 2 is 2.21 bits per heavy atom. The molecule has 1 fully saturated rings. The molecule has 14 heavy (non-hydrogen) atoms. The van der Waals surface area contributed by atoms with Gasteiger partial charge < -0.3 is 5.32 Å². The van der Waals surface area contributed by atoms with Gasteiger partial charge in [-0.2, -0.15) is 11.8 Å². The van der Waals surface area contributed by atoms with Gasteiger partial charge >= 0.3 is 0 Å². The average Bonchev–Trinajstić information content (AvgIpc) is 2.08. The summed E-state index contributed by atoms with van der Waals surface area (Å²) in [6, 6.07) is 0.755. The fourth-order valence-corrected chi connectivity index (χ4v) is 3.16. The van der Waals surface area contributed by atoms with E-state index in [9.17, 15) is 0 Å². The first-order valence-corrected chi connectivity index (χ1v) is 6.67. The Kier molecular flexibility index (Phi) is 4.74. The molecule has 0 amide bonds. The topological polar surface area (TPSA) is 15.3 Å². The molecule has 3 heteroatoms. The fourth-order valence-electron chi connectivity index (χ4n) is 2.08. The van der Waals surface area contributed by atoms with Crippen LogP contribution in [0.15, 0.2) is 0 Å². The van der Waals surface area contributed by atoms with Gasteiger partial charge in [-0.1, -0.05) is 13.8 Å². The van der Waals surface area contributed by atoms with Gasteiger partial charge in [0.1, 0.15) is 0 Å². The van der Waals surface area contributed by atoms with Crippen molar-refractivity contribution in [2.24, 2.45) is 5.41 Å². The second-order valence-electron chi connectivity index (χ2n) is 5.09. The van der Waals surface area contributed by atoms with Crippen molar-refractivity contribution in [3.8, 4) is 0 Å². The third-order valence-electron chi connectivity index (χ3n) is 2.79. The summed E-state index contributed by atoms with van der Waals surface area (Å²) in [5.74, 6) is 2.61. The summed E-state index contributed by atoms with van der Waals surface area (Å²) < 4.78 is 0. The van der Waals surface area contributed by atoms with Gasteiger partial charge in [-0.3, -0.25) is 4.90 Å². The van der Waals surface area contributed by atoms with Crippen LogP contribution in [0.25, 0.3) is 0 Å². The maximum Gasteiger partial charge on any atom is 0.0158 e. The van der Waals surface area contributed by atoms with Gasteiger partial charge in [0, 0.05) is 37.2 Å². The first kappa shape index (κ1) is 12.3. The van der Waals surface area contributed by atoms with Crippen molar-refractivity contribution in [3.05, 3.63) is 0 Å². The number of nitrogens with one attached hydrogen (secondary N) is 1. The SMILES string of the molecule is CNCC(C)(C)CN1CCSCC1C. The predicted octanol–water partition coefficient (Wildman–Crippen LogP) is 1.67. The largest absolute Gasteiger partial charge is 0.319 e. The van der Waals surface area contributed by atoms with E-state index in [1.54, 1.807) is 0 Å². The molecule has 1 atom stereocenters. The molecule has 1 rings (SSSR count). The number of nitrogens with zero attached hydrogens (tertiary/aromatic N) is 1. The third-order valence-corrected chi connectivity index (χ3v) is 3.98. The monoisotopic (exact) mass is 216 g/mol. The van der Waals surface area contributed by atoms with E-state index in [0.717, 1.165) is 12.6 Å². The second-order valence-corrected chi connectivity index (χ2v) is 6.24. The Balaban J connectivity index is 2.40. The van der Waals surface area contributed by atoms with E-state index < -0.39 is 0 Å². The summed E-state index contributed by atoms with van der Waals surface area (Å²) >= 11 is 2.09. The van der Waals surface area contributed by atoms with Gasteiger partial charge in [-0.25, -0.2) is 0 Å². The molecule has 1 unspecified atom stereocenters. The summed E-state index contributed by atoms with van der Waals surface area (Å²) in [6.07, 6.45) is 0. The Labute approximate surface area is 92.8 Å². The molecule has 1 aliphatic rings. The van der Waals surface area contributed by atoms with E-state index in [4.69, 9.17) is 0 Å². The minimum absolute atomic E-state index is 0.394. The van der Waals surface area contributed by atoms with Gasteiger partial charge in [-0.15, -0.1) is 0 Å². The standard InChI is InChI=1S/C11H24N2S/c1-10-7-14-6-5-13(10)9-11(2,3)8-12-4/h10,12H,5-9H2,1-4H3. The Bertz CT molecular complexity index is 171. The molecule has 0 radical (unpaired) electrons. The van der Waals surface area contributed by atoms with Gasteiger partial charge in [-0.05, 0) is 19.4 Å². The zero-order valence-corrected chi connectivity index (χ0v) is 10.8. The predicted molar refractivity (Wildman–Crippen MR) is 66.1 cm³/mol. The van der Waals surface area contributed by atoms with Crippen molar-refractivity contribution in [1.82, 2.24) is 10.2 Å². The van der Waals surface area contributed by atoms with Crippen LogP contribution in [-0.2, 0) is 0 Å². The molecule has 1 aliphatic heterocycles. The highest BCUT2D eigenvalue weighted by atomic mass is 32.2. The molecule has 1 N–H and O–H groups in total. The number of hydrogen-bond acceptors (Lipinski definition) is 3. The Hall–Kier alpha value is 0.270. The summed E-state index contributed by atoms with van der Waals surface area (Å²) in [4.78, 5) is 2.63. The molecule has 2 nitrogen and oxygen atoms in total. The van der Waals surface area contributed by atoms with Gasteiger partial charge in [0.05, 0.1) is 0 Å². The van der Waals surface area contributed by atoms with Crippen LogP contribution in [0.1, 0.15) is 20.8 Å². The minimum Gasteiger partial charge on any atom is -0.319 e. The van der Waals surface area contributed by atoms with E-state index in [-0.39, 0.29) is 0 Å². The lowest BCUT2D eigenvalue weighted by Gasteiger charge is -2.38. The molecule has 0 aromatic carbocycles. The molecule has 0 spiro atoms. The maximum absolute atomic E-state index is 3.28. The molecule has 0 saturated carbocycles. The molecule has 1 heterocycles. The lowest BCUT2D eigenvalue weighted by atomic mass is 9.92. The highest BCUT2D eigenvalue weighted by Gasteiger charge is 2.25. The molecule has 0 aromatic rings. The van der Waals surface area contributed by atoms with Gasteiger partial charge in [0.15, 0.2) is 0 Å². The highest BCUT2D eigenvalue weighted by Crippen LogP contribution is 2.22.